The topological polar surface area (TPSA) is 41.7 Å². The second kappa shape index (κ2) is 10.3. The van der Waals surface area contributed by atoms with E-state index in [-0.39, 0.29) is 41.5 Å². The Labute approximate surface area is 156 Å². The van der Waals surface area contributed by atoms with Crippen molar-refractivity contribution in [2.24, 2.45) is 0 Å². The number of hydrogen-bond donors (Lipinski definition) is 1. The highest BCUT2D eigenvalue weighted by atomic mass is 35.5. The van der Waals surface area contributed by atoms with Gasteiger partial charge in [0.15, 0.2) is 0 Å². The summed E-state index contributed by atoms with van der Waals surface area (Å²) in [7, 11) is 0. The molecule has 0 atom stereocenters. The minimum atomic E-state index is 0. The SMILES string of the molecule is Nc1ccc(N2CCOCC2)cc1N1CCCCC1.[Cl-].[Cl-].[Cl-].[H+].[H+].[H+]. The lowest BCUT2D eigenvalue weighted by atomic mass is 10.1. The quantitative estimate of drug-likeness (QED) is 0.526. The first-order valence-electron chi connectivity index (χ1n) is 7.32. The molecule has 2 N–H and O–H groups in total. The van der Waals surface area contributed by atoms with Gasteiger partial charge < -0.3 is 57.5 Å². The van der Waals surface area contributed by atoms with Gasteiger partial charge in [-0.2, -0.15) is 0 Å². The summed E-state index contributed by atoms with van der Waals surface area (Å²) in [6.45, 7) is 5.87. The van der Waals surface area contributed by atoms with Gasteiger partial charge in [-0.05, 0) is 37.5 Å². The number of hydrogen-bond acceptors (Lipinski definition) is 4. The lowest BCUT2D eigenvalue weighted by molar-refractivity contribution is -0.00100. The largest absolute Gasteiger partial charge is 1.00 e. The third-order valence-corrected chi connectivity index (χ3v) is 4.09. The normalized spacial score (nSPS) is 17.8. The maximum atomic E-state index is 6.16. The first-order chi connectivity index (χ1) is 9.34. The molecule has 2 heterocycles. The van der Waals surface area contributed by atoms with E-state index in [0.29, 0.717) is 0 Å². The van der Waals surface area contributed by atoms with Crippen LogP contribution in [0.15, 0.2) is 18.2 Å². The van der Waals surface area contributed by atoms with E-state index in [9.17, 15) is 0 Å². The molecule has 22 heavy (non-hydrogen) atoms. The third kappa shape index (κ3) is 4.98. The second-order valence-corrected chi connectivity index (χ2v) is 5.39. The molecule has 1 aromatic rings. The van der Waals surface area contributed by atoms with Gasteiger partial charge in [0.05, 0.1) is 24.6 Å². The summed E-state index contributed by atoms with van der Waals surface area (Å²) in [6, 6.07) is 6.44. The summed E-state index contributed by atoms with van der Waals surface area (Å²) in [4.78, 5) is 4.82. The number of nitrogens with two attached hydrogens (primary N) is 1. The molecule has 128 valence electrons. The molecule has 0 aromatic heterocycles. The number of halogens is 3. The zero-order chi connectivity index (χ0) is 13.1. The molecule has 0 saturated carbocycles. The molecule has 1 aromatic carbocycles. The standard InChI is InChI=1S/C15H23N3O.3ClH/c16-14-5-4-13(17-8-10-19-11-9-17)12-15(14)18-6-2-1-3-7-18;;;/h4-5,12H,1-3,6-11,16H2;3*1H. The van der Waals surface area contributed by atoms with Crippen molar-refractivity contribution in [3.8, 4) is 0 Å². The van der Waals surface area contributed by atoms with Gasteiger partial charge in [-0.3, -0.25) is 0 Å². The van der Waals surface area contributed by atoms with Crippen molar-refractivity contribution in [2.45, 2.75) is 19.3 Å². The van der Waals surface area contributed by atoms with Gasteiger partial charge in [-0.1, -0.05) is 0 Å². The van der Waals surface area contributed by atoms with Crippen LogP contribution in [0.25, 0.3) is 0 Å². The zero-order valence-electron chi connectivity index (χ0n) is 15.6. The van der Waals surface area contributed by atoms with E-state index in [0.717, 1.165) is 45.1 Å². The van der Waals surface area contributed by atoms with Crippen LogP contribution < -0.4 is 52.8 Å². The molecule has 7 heteroatoms. The van der Waals surface area contributed by atoms with Gasteiger partial charge in [0, 0.05) is 31.9 Å². The van der Waals surface area contributed by atoms with E-state index >= 15 is 0 Å². The molecule has 0 spiro atoms. The van der Waals surface area contributed by atoms with E-state index in [4.69, 9.17) is 10.5 Å². The van der Waals surface area contributed by atoms with E-state index in [1.807, 2.05) is 0 Å². The average Bonchev–Trinajstić information content (AvgIpc) is 2.49. The van der Waals surface area contributed by atoms with Gasteiger partial charge in [0.1, 0.15) is 0 Å². The van der Waals surface area contributed by atoms with Crippen LogP contribution in [0.1, 0.15) is 23.5 Å². The third-order valence-electron chi connectivity index (χ3n) is 4.09. The summed E-state index contributed by atoms with van der Waals surface area (Å²) in [6.07, 6.45) is 3.90. The van der Waals surface area contributed by atoms with E-state index in [2.05, 4.69) is 28.0 Å². The number of ether oxygens (including phenoxy) is 1. The van der Waals surface area contributed by atoms with Gasteiger partial charge in [-0.15, -0.1) is 0 Å². The van der Waals surface area contributed by atoms with E-state index in [1.165, 1.54) is 30.6 Å². The van der Waals surface area contributed by atoms with Crippen LogP contribution in [0.4, 0.5) is 17.1 Å². The summed E-state index contributed by atoms with van der Waals surface area (Å²) in [5, 5.41) is 0. The molecule has 0 bridgehead atoms. The van der Waals surface area contributed by atoms with Crippen LogP contribution in [0, 0.1) is 0 Å². The van der Waals surface area contributed by atoms with Crippen LogP contribution >= 0.6 is 0 Å². The minimum Gasteiger partial charge on any atom is -1.00 e. The van der Waals surface area contributed by atoms with Crippen LogP contribution in [0.3, 0.4) is 0 Å². The minimum absolute atomic E-state index is 0. The molecule has 2 aliphatic rings. The Hall–Kier alpha value is -0.550. The van der Waals surface area contributed by atoms with Gasteiger partial charge >= 0.3 is 4.28 Å². The Morgan fingerprint density at radius 1 is 0.864 bits per heavy atom. The summed E-state index contributed by atoms with van der Waals surface area (Å²) in [5.41, 5.74) is 9.55. The number of rotatable bonds is 2. The van der Waals surface area contributed by atoms with Crippen molar-refractivity contribution in [3.05, 3.63) is 18.2 Å². The lowest BCUT2D eigenvalue weighted by Crippen LogP contribution is -3.00. The van der Waals surface area contributed by atoms with Crippen LogP contribution in [-0.2, 0) is 4.74 Å². The van der Waals surface area contributed by atoms with Crippen molar-refractivity contribution >= 4 is 17.1 Å². The second-order valence-electron chi connectivity index (χ2n) is 5.39. The van der Waals surface area contributed by atoms with Crippen LogP contribution in [0.5, 0.6) is 0 Å². The number of benzene rings is 1. The maximum Gasteiger partial charge on any atom is 1.00 e. The molecule has 3 rings (SSSR count). The van der Waals surface area contributed by atoms with Crippen molar-refractivity contribution < 1.29 is 46.2 Å². The van der Waals surface area contributed by atoms with Crippen LogP contribution in [0.2, 0.25) is 0 Å². The van der Waals surface area contributed by atoms with E-state index in [1.54, 1.807) is 0 Å². The summed E-state index contributed by atoms with van der Waals surface area (Å²) in [5.74, 6) is 0. The van der Waals surface area contributed by atoms with Crippen molar-refractivity contribution in [3.63, 3.8) is 0 Å². The molecule has 0 radical (unpaired) electrons. The lowest BCUT2D eigenvalue weighted by Gasteiger charge is -2.33. The number of nitrogen functional groups attached to an aromatic ring is 1. The number of nitrogens with zero attached hydrogens (tertiary/aromatic N) is 2. The Bertz CT molecular complexity index is 449. The molecule has 0 amide bonds. The number of piperidine rings is 1. The molecule has 2 fully saturated rings. The van der Waals surface area contributed by atoms with Gasteiger partial charge in [0.25, 0.3) is 0 Å². The number of anilines is 3. The highest BCUT2D eigenvalue weighted by Crippen LogP contribution is 2.31. The highest BCUT2D eigenvalue weighted by molar-refractivity contribution is 5.73. The predicted octanol–water partition coefficient (Wildman–Crippen LogP) is -6.55. The predicted molar refractivity (Wildman–Crippen MR) is 83.3 cm³/mol. The average molecular weight is 371 g/mol. The van der Waals surface area contributed by atoms with Gasteiger partial charge in [-0.25, -0.2) is 0 Å². The van der Waals surface area contributed by atoms with E-state index < -0.39 is 0 Å². The molecule has 2 aliphatic heterocycles. The van der Waals surface area contributed by atoms with Crippen LogP contribution in [-0.4, -0.2) is 39.4 Å². The fourth-order valence-electron chi connectivity index (χ4n) is 2.96. The molecule has 2 saturated heterocycles. The number of morpholine rings is 1. The Balaban J connectivity index is -0.000000367. The van der Waals surface area contributed by atoms with Crippen molar-refractivity contribution in [1.82, 2.24) is 0 Å². The molecular formula is C15H26Cl3N3O. The molecular weight excluding hydrogens is 345 g/mol. The monoisotopic (exact) mass is 369 g/mol. The molecule has 0 unspecified atom stereocenters. The van der Waals surface area contributed by atoms with Gasteiger partial charge in [0.2, 0.25) is 0 Å². The fourth-order valence-corrected chi connectivity index (χ4v) is 2.96. The van der Waals surface area contributed by atoms with Crippen molar-refractivity contribution in [1.29, 1.82) is 0 Å². The highest BCUT2D eigenvalue weighted by Gasteiger charge is 2.17. The molecule has 0 aliphatic carbocycles. The summed E-state index contributed by atoms with van der Waals surface area (Å²) < 4.78 is 5.41. The first-order valence-corrected chi connectivity index (χ1v) is 7.32. The summed E-state index contributed by atoms with van der Waals surface area (Å²) >= 11 is 0. The zero-order valence-corrected chi connectivity index (χ0v) is 14.9. The first kappa shape index (κ1) is 21.4. The smallest absolute Gasteiger partial charge is 1.00 e. The Kier molecular flexibility index (Phi) is 10.0. The Morgan fingerprint density at radius 3 is 2.14 bits per heavy atom. The fraction of sp³-hybridized carbons (Fsp3) is 0.600. The van der Waals surface area contributed by atoms with Crippen molar-refractivity contribution in [2.75, 3.05) is 54.9 Å². The Morgan fingerprint density at radius 2 is 1.50 bits per heavy atom. The molecule has 4 nitrogen and oxygen atoms in total. The maximum absolute atomic E-state index is 6.16.